The lowest BCUT2D eigenvalue weighted by Gasteiger charge is -2.25. The van der Waals surface area contributed by atoms with Crippen molar-refractivity contribution in [3.05, 3.63) is 78.0 Å². The number of hydrogen-bond acceptors (Lipinski definition) is 2. The summed E-state index contributed by atoms with van der Waals surface area (Å²) in [7, 11) is 0. The average molecular weight is 318 g/mol. The second kappa shape index (κ2) is 6.54. The van der Waals surface area contributed by atoms with Gasteiger partial charge in [0, 0.05) is 30.5 Å². The van der Waals surface area contributed by atoms with Gasteiger partial charge in [-0.15, -0.1) is 0 Å². The Hall–Kier alpha value is -2.52. The van der Waals surface area contributed by atoms with Gasteiger partial charge in [-0.1, -0.05) is 30.3 Å². The van der Waals surface area contributed by atoms with Crippen LogP contribution in [0.3, 0.4) is 0 Å². The van der Waals surface area contributed by atoms with Gasteiger partial charge in [-0.3, -0.25) is 0 Å². The standard InChI is InChI=1S/C21H22N2O/c1-16-20-11-12-21(23(20)14-13-22-16)18-7-9-19(10-8-18)24-15-17-5-3-2-4-6-17/h2-12,16,22H,13-15H2,1H3. The van der Waals surface area contributed by atoms with Gasteiger partial charge in [-0.2, -0.15) is 0 Å². The third-order valence-electron chi connectivity index (χ3n) is 4.64. The van der Waals surface area contributed by atoms with Gasteiger partial charge in [0.05, 0.1) is 0 Å². The van der Waals surface area contributed by atoms with Crippen LogP contribution >= 0.6 is 0 Å². The molecule has 1 aromatic heterocycles. The zero-order valence-electron chi connectivity index (χ0n) is 13.9. The van der Waals surface area contributed by atoms with E-state index in [4.69, 9.17) is 4.74 Å². The lowest BCUT2D eigenvalue weighted by molar-refractivity contribution is 0.306. The van der Waals surface area contributed by atoms with Crippen LogP contribution in [0, 0.1) is 0 Å². The van der Waals surface area contributed by atoms with Gasteiger partial charge in [0.2, 0.25) is 0 Å². The van der Waals surface area contributed by atoms with Gasteiger partial charge in [0.25, 0.3) is 0 Å². The molecule has 0 saturated carbocycles. The van der Waals surface area contributed by atoms with Crippen LogP contribution in [-0.2, 0) is 13.2 Å². The molecule has 1 aliphatic rings. The van der Waals surface area contributed by atoms with Crippen LogP contribution in [0.25, 0.3) is 11.3 Å². The number of benzene rings is 2. The molecule has 1 atom stereocenters. The molecular weight excluding hydrogens is 296 g/mol. The number of fused-ring (bicyclic) bond motifs is 1. The van der Waals surface area contributed by atoms with Gasteiger partial charge in [0.1, 0.15) is 12.4 Å². The molecule has 24 heavy (non-hydrogen) atoms. The molecule has 2 heterocycles. The molecular formula is C21H22N2O. The fraction of sp³-hybridized carbons (Fsp3) is 0.238. The Labute approximate surface area is 142 Å². The highest BCUT2D eigenvalue weighted by Gasteiger charge is 2.18. The Morgan fingerprint density at radius 3 is 2.58 bits per heavy atom. The van der Waals surface area contributed by atoms with Crippen molar-refractivity contribution >= 4 is 0 Å². The van der Waals surface area contributed by atoms with Gasteiger partial charge >= 0.3 is 0 Å². The Morgan fingerprint density at radius 1 is 1.00 bits per heavy atom. The van der Waals surface area contributed by atoms with Crippen molar-refractivity contribution in [2.45, 2.75) is 26.1 Å². The molecule has 0 bridgehead atoms. The average Bonchev–Trinajstić information content (AvgIpc) is 3.07. The predicted octanol–water partition coefficient (Wildman–Crippen LogP) is 4.40. The van der Waals surface area contributed by atoms with Gasteiger partial charge in [-0.05, 0) is 54.4 Å². The van der Waals surface area contributed by atoms with E-state index in [1.165, 1.54) is 22.5 Å². The normalized spacial score (nSPS) is 16.6. The molecule has 3 nitrogen and oxygen atoms in total. The van der Waals surface area contributed by atoms with Crippen LogP contribution in [0.15, 0.2) is 66.7 Å². The minimum Gasteiger partial charge on any atom is -0.489 e. The lowest BCUT2D eigenvalue weighted by Crippen LogP contribution is -2.31. The molecule has 1 aliphatic heterocycles. The summed E-state index contributed by atoms with van der Waals surface area (Å²) < 4.78 is 8.29. The van der Waals surface area contributed by atoms with Crippen molar-refractivity contribution in [1.29, 1.82) is 0 Å². The third-order valence-corrected chi connectivity index (χ3v) is 4.64. The van der Waals surface area contributed by atoms with Crippen molar-refractivity contribution in [1.82, 2.24) is 9.88 Å². The van der Waals surface area contributed by atoms with E-state index in [0.29, 0.717) is 12.6 Å². The Bertz CT molecular complexity index is 806. The molecule has 3 aromatic rings. The van der Waals surface area contributed by atoms with E-state index < -0.39 is 0 Å². The molecule has 1 unspecified atom stereocenters. The summed E-state index contributed by atoms with van der Waals surface area (Å²) in [5.41, 5.74) is 5.07. The van der Waals surface area contributed by atoms with E-state index in [2.05, 4.69) is 65.3 Å². The van der Waals surface area contributed by atoms with Gasteiger partial charge < -0.3 is 14.6 Å². The summed E-state index contributed by atoms with van der Waals surface area (Å²) in [6.45, 7) is 4.86. The maximum atomic E-state index is 5.88. The molecule has 3 heteroatoms. The number of nitrogens with zero attached hydrogens (tertiary/aromatic N) is 1. The molecule has 0 fully saturated rings. The summed E-state index contributed by atoms with van der Waals surface area (Å²) in [6, 6.07) is 23.5. The van der Waals surface area contributed by atoms with Crippen molar-refractivity contribution in [2.24, 2.45) is 0 Å². The van der Waals surface area contributed by atoms with Crippen LogP contribution in [-0.4, -0.2) is 11.1 Å². The second-order valence-corrected chi connectivity index (χ2v) is 6.27. The van der Waals surface area contributed by atoms with Crippen molar-refractivity contribution < 1.29 is 4.74 Å². The van der Waals surface area contributed by atoms with E-state index in [0.717, 1.165) is 18.8 Å². The van der Waals surface area contributed by atoms with E-state index >= 15 is 0 Å². The summed E-state index contributed by atoms with van der Waals surface area (Å²) in [4.78, 5) is 0. The molecule has 0 spiro atoms. The number of rotatable bonds is 4. The summed E-state index contributed by atoms with van der Waals surface area (Å²) >= 11 is 0. The van der Waals surface area contributed by atoms with E-state index in [-0.39, 0.29) is 0 Å². The first-order valence-electron chi connectivity index (χ1n) is 8.51. The Morgan fingerprint density at radius 2 is 1.79 bits per heavy atom. The topological polar surface area (TPSA) is 26.2 Å². The lowest BCUT2D eigenvalue weighted by atomic mass is 10.1. The highest BCUT2D eigenvalue weighted by Crippen LogP contribution is 2.29. The van der Waals surface area contributed by atoms with E-state index in [1.807, 2.05) is 18.2 Å². The SMILES string of the molecule is CC1NCCn2c(-c3ccc(OCc4ccccc4)cc3)ccc21. The first-order chi connectivity index (χ1) is 11.8. The maximum absolute atomic E-state index is 5.88. The minimum atomic E-state index is 0.418. The Kier molecular flexibility index (Phi) is 4.09. The number of aromatic nitrogens is 1. The number of hydrogen-bond donors (Lipinski definition) is 1. The quantitative estimate of drug-likeness (QED) is 0.772. The molecule has 1 N–H and O–H groups in total. The highest BCUT2D eigenvalue weighted by atomic mass is 16.5. The number of nitrogens with one attached hydrogen (secondary N) is 1. The first kappa shape index (κ1) is 15.0. The van der Waals surface area contributed by atoms with E-state index in [9.17, 15) is 0 Å². The first-order valence-corrected chi connectivity index (χ1v) is 8.51. The largest absolute Gasteiger partial charge is 0.489 e. The van der Waals surface area contributed by atoms with Crippen LogP contribution in [0.4, 0.5) is 0 Å². The molecule has 2 aromatic carbocycles. The van der Waals surface area contributed by atoms with Gasteiger partial charge in [-0.25, -0.2) is 0 Å². The fourth-order valence-corrected chi connectivity index (χ4v) is 3.32. The minimum absolute atomic E-state index is 0.418. The zero-order chi connectivity index (χ0) is 16.4. The predicted molar refractivity (Wildman–Crippen MR) is 97.1 cm³/mol. The monoisotopic (exact) mass is 318 g/mol. The van der Waals surface area contributed by atoms with Crippen molar-refractivity contribution in [3.63, 3.8) is 0 Å². The molecule has 0 aliphatic carbocycles. The molecule has 122 valence electrons. The second-order valence-electron chi connectivity index (χ2n) is 6.27. The van der Waals surface area contributed by atoms with Crippen molar-refractivity contribution in [3.8, 4) is 17.0 Å². The van der Waals surface area contributed by atoms with E-state index in [1.54, 1.807) is 0 Å². The van der Waals surface area contributed by atoms with Crippen LogP contribution in [0.5, 0.6) is 5.75 Å². The van der Waals surface area contributed by atoms with Crippen LogP contribution in [0.2, 0.25) is 0 Å². The summed E-state index contributed by atoms with van der Waals surface area (Å²) in [5.74, 6) is 0.906. The van der Waals surface area contributed by atoms with Crippen LogP contribution < -0.4 is 10.1 Å². The highest BCUT2D eigenvalue weighted by molar-refractivity contribution is 5.62. The van der Waals surface area contributed by atoms with Gasteiger partial charge in [0.15, 0.2) is 0 Å². The molecule has 0 radical (unpaired) electrons. The summed E-state index contributed by atoms with van der Waals surface area (Å²) in [5, 5.41) is 3.50. The van der Waals surface area contributed by atoms with Crippen molar-refractivity contribution in [2.75, 3.05) is 6.54 Å². The zero-order valence-corrected chi connectivity index (χ0v) is 13.9. The van der Waals surface area contributed by atoms with Crippen LogP contribution in [0.1, 0.15) is 24.2 Å². The maximum Gasteiger partial charge on any atom is 0.119 e. The molecule has 0 saturated heterocycles. The fourth-order valence-electron chi connectivity index (χ4n) is 3.32. The third kappa shape index (κ3) is 2.95. The summed E-state index contributed by atoms with van der Waals surface area (Å²) in [6.07, 6.45) is 0. The molecule has 0 amide bonds. The Balaban J connectivity index is 1.50. The number of ether oxygens (including phenoxy) is 1. The molecule has 4 rings (SSSR count). The smallest absolute Gasteiger partial charge is 0.119 e.